The number of rotatable bonds is 4. The van der Waals surface area contributed by atoms with Crippen molar-refractivity contribution in [3.05, 3.63) is 0 Å². The molecule has 2 rings (SSSR count). The van der Waals surface area contributed by atoms with Crippen LogP contribution in [0.15, 0.2) is 0 Å². The number of carboxylic acids is 1. The molecule has 2 atom stereocenters. The topological polar surface area (TPSA) is 108 Å². The molecule has 2 fully saturated rings. The van der Waals surface area contributed by atoms with Crippen LogP contribution in [0.2, 0.25) is 0 Å². The van der Waals surface area contributed by atoms with Gasteiger partial charge < -0.3 is 21.1 Å². The largest absolute Gasteiger partial charge is 0.480 e. The smallest absolute Gasteiger partial charge is 0.329 e. The maximum Gasteiger partial charge on any atom is 0.329 e. The Morgan fingerprint density at radius 2 is 2.05 bits per heavy atom. The minimum absolute atomic E-state index is 0.0315. The van der Waals surface area contributed by atoms with Crippen LogP contribution in [0.25, 0.3) is 0 Å². The van der Waals surface area contributed by atoms with E-state index in [2.05, 4.69) is 16.0 Å². The maximum atomic E-state index is 11.8. The highest BCUT2D eigenvalue weighted by molar-refractivity contribution is 5.90. The molecule has 0 aromatic rings. The fourth-order valence-electron chi connectivity index (χ4n) is 2.33. The second kappa shape index (κ2) is 5.07. The Morgan fingerprint density at radius 3 is 2.58 bits per heavy atom. The summed E-state index contributed by atoms with van der Waals surface area (Å²) in [7, 11) is 0. The third kappa shape index (κ3) is 2.97. The lowest BCUT2D eigenvalue weighted by Crippen LogP contribution is -2.60. The van der Waals surface area contributed by atoms with E-state index >= 15 is 0 Å². The summed E-state index contributed by atoms with van der Waals surface area (Å²) in [5.74, 6) is -1.29. The molecule has 106 valence electrons. The van der Waals surface area contributed by atoms with E-state index in [1.165, 1.54) is 6.92 Å². The van der Waals surface area contributed by atoms with Gasteiger partial charge in [-0.25, -0.2) is 9.59 Å². The molecule has 1 heterocycles. The van der Waals surface area contributed by atoms with Crippen LogP contribution in [0.4, 0.5) is 4.79 Å². The molecule has 0 bridgehead atoms. The molecule has 1 aliphatic heterocycles. The number of carbonyl (C=O) groups is 3. The second-order valence-electron chi connectivity index (χ2n) is 5.37. The van der Waals surface area contributed by atoms with Crippen LogP contribution < -0.4 is 16.0 Å². The zero-order valence-electron chi connectivity index (χ0n) is 10.9. The summed E-state index contributed by atoms with van der Waals surface area (Å²) < 4.78 is 0. The highest BCUT2D eigenvalue weighted by atomic mass is 16.4. The van der Waals surface area contributed by atoms with Crippen molar-refractivity contribution in [1.29, 1.82) is 0 Å². The zero-order chi connectivity index (χ0) is 14.0. The van der Waals surface area contributed by atoms with E-state index in [4.69, 9.17) is 0 Å². The van der Waals surface area contributed by atoms with Gasteiger partial charge in [-0.2, -0.15) is 0 Å². The Kier molecular flexibility index (Phi) is 3.64. The summed E-state index contributed by atoms with van der Waals surface area (Å²) in [6.07, 6.45) is 2.97. The first-order valence-corrected chi connectivity index (χ1v) is 6.53. The maximum absolute atomic E-state index is 11.8. The number of amides is 3. The van der Waals surface area contributed by atoms with Crippen molar-refractivity contribution in [2.45, 2.75) is 44.2 Å². The van der Waals surface area contributed by atoms with Gasteiger partial charge >= 0.3 is 12.0 Å². The molecule has 7 heteroatoms. The first kappa shape index (κ1) is 13.6. The molecule has 7 nitrogen and oxygen atoms in total. The SMILES string of the molecule is CC(NC(=O)NC1CCCNC1=O)(C(=O)O)C1CC1. The summed E-state index contributed by atoms with van der Waals surface area (Å²) in [4.78, 5) is 34.6. The first-order valence-electron chi connectivity index (χ1n) is 6.53. The Labute approximate surface area is 111 Å². The molecule has 0 spiro atoms. The second-order valence-corrected chi connectivity index (χ2v) is 5.37. The van der Waals surface area contributed by atoms with Crippen LogP contribution in [-0.2, 0) is 9.59 Å². The number of aliphatic carboxylic acids is 1. The molecule has 2 unspecified atom stereocenters. The van der Waals surface area contributed by atoms with Crippen LogP contribution in [-0.4, -0.2) is 41.1 Å². The molecule has 4 N–H and O–H groups in total. The predicted molar refractivity (Wildman–Crippen MR) is 66.5 cm³/mol. The molecular formula is C12H19N3O4. The average Bonchev–Trinajstić information content (AvgIpc) is 3.16. The van der Waals surface area contributed by atoms with Gasteiger partial charge in [0.15, 0.2) is 0 Å². The van der Waals surface area contributed by atoms with Crippen LogP contribution in [0.3, 0.4) is 0 Å². The molecule has 0 aromatic carbocycles. The number of hydrogen-bond donors (Lipinski definition) is 4. The van der Waals surface area contributed by atoms with E-state index in [-0.39, 0.29) is 11.8 Å². The van der Waals surface area contributed by atoms with E-state index in [1.807, 2.05) is 0 Å². The van der Waals surface area contributed by atoms with E-state index in [0.717, 1.165) is 19.3 Å². The van der Waals surface area contributed by atoms with Gasteiger partial charge in [-0.3, -0.25) is 4.79 Å². The van der Waals surface area contributed by atoms with Crippen LogP contribution >= 0.6 is 0 Å². The molecule has 3 amide bonds. The molecule has 2 aliphatic rings. The highest BCUT2D eigenvalue weighted by Crippen LogP contribution is 2.39. The summed E-state index contributed by atoms with van der Waals surface area (Å²) in [5, 5.41) is 16.9. The van der Waals surface area contributed by atoms with Crippen molar-refractivity contribution in [3.8, 4) is 0 Å². The molecule has 1 aliphatic carbocycles. The number of hydrogen-bond acceptors (Lipinski definition) is 3. The normalized spacial score (nSPS) is 25.9. The molecule has 0 radical (unpaired) electrons. The minimum atomic E-state index is -1.25. The molecular weight excluding hydrogens is 250 g/mol. The van der Waals surface area contributed by atoms with E-state index < -0.39 is 23.6 Å². The summed E-state index contributed by atoms with van der Waals surface area (Å²) >= 11 is 0. The number of piperidine rings is 1. The molecule has 1 saturated carbocycles. The van der Waals surface area contributed by atoms with E-state index in [0.29, 0.717) is 13.0 Å². The van der Waals surface area contributed by atoms with Gasteiger partial charge in [0.05, 0.1) is 0 Å². The standard InChI is InChI=1S/C12H19N3O4/c1-12(10(17)18,7-4-5-7)15-11(19)14-8-3-2-6-13-9(8)16/h7-8H,2-6H2,1H3,(H,13,16)(H,17,18)(H2,14,15,19). The first-order chi connectivity index (χ1) is 8.93. The average molecular weight is 269 g/mol. The van der Waals surface area contributed by atoms with Crippen molar-refractivity contribution in [2.24, 2.45) is 5.92 Å². The molecule has 19 heavy (non-hydrogen) atoms. The van der Waals surface area contributed by atoms with E-state index in [9.17, 15) is 19.5 Å². The number of carbonyl (C=O) groups excluding carboxylic acids is 2. The molecule has 1 saturated heterocycles. The van der Waals surface area contributed by atoms with Crippen molar-refractivity contribution < 1.29 is 19.5 Å². The quantitative estimate of drug-likeness (QED) is 0.567. The predicted octanol–water partition coefficient (Wildman–Crippen LogP) is -0.182. The summed E-state index contributed by atoms with van der Waals surface area (Å²) in [6.45, 7) is 2.13. The third-order valence-corrected chi connectivity index (χ3v) is 3.80. The third-order valence-electron chi connectivity index (χ3n) is 3.80. The van der Waals surface area contributed by atoms with Crippen molar-refractivity contribution in [1.82, 2.24) is 16.0 Å². The van der Waals surface area contributed by atoms with Gasteiger partial charge in [0.2, 0.25) is 5.91 Å². The van der Waals surface area contributed by atoms with Gasteiger partial charge in [-0.05, 0) is 38.5 Å². The van der Waals surface area contributed by atoms with Crippen LogP contribution in [0.1, 0.15) is 32.6 Å². The summed E-state index contributed by atoms with van der Waals surface area (Å²) in [5.41, 5.74) is -1.25. The van der Waals surface area contributed by atoms with Gasteiger partial charge in [0, 0.05) is 6.54 Å². The summed E-state index contributed by atoms with van der Waals surface area (Å²) in [6, 6.07) is -1.18. The van der Waals surface area contributed by atoms with E-state index in [1.54, 1.807) is 0 Å². The van der Waals surface area contributed by atoms with Gasteiger partial charge in [0.25, 0.3) is 0 Å². The van der Waals surface area contributed by atoms with Crippen LogP contribution in [0.5, 0.6) is 0 Å². The fraction of sp³-hybridized carbons (Fsp3) is 0.750. The van der Waals surface area contributed by atoms with Crippen molar-refractivity contribution in [3.63, 3.8) is 0 Å². The number of nitrogens with one attached hydrogen (secondary N) is 3. The fourth-order valence-corrected chi connectivity index (χ4v) is 2.33. The lowest BCUT2D eigenvalue weighted by molar-refractivity contribution is -0.144. The van der Waals surface area contributed by atoms with Gasteiger partial charge in [0.1, 0.15) is 11.6 Å². The number of urea groups is 1. The Hall–Kier alpha value is -1.79. The number of carboxylic acid groups (broad SMARTS) is 1. The Balaban J connectivity index is 1.92. The highest BCUT2D eigenvalue weighted by Gasteiger charge is 2.48. The Morgan fingerprint density at radius 1 is 1.37 bits per heavy atom. The minimum Gasteiger partial charge on any atom is -0.480 e. The van der Waals surface area contributed by atoms with Gasteiger partial charge in [-0.1, -0.05) is 0 Å². The van der Waals surface area contributed by atoms with Crippen molar-refractivity contribution >= 4 is 17.9 Å². The van der Waals surface area contributed by atoms with Crippen molar-refractivity contribution in [2.75, 3.05) is 6.54 Å². The van der Waals surface area contributed by atoms with Crippen LogP contribution in [0, 0.1) is 5.92 Å². The lowest BCUT2D eigenvalue weighted by atomic mass is 9.96. The monoisotopic (exact) mass is 269 g/mol. The van der Waals surface area contributed by atoms with Gasteiger partial charge in [-0.15, -0.1) is 0 Å². The lowest BCUT2D eigenvalue weighted by Gasteiger charge is -2.28. The molecule has 0 aromatic heterocycles. The Bertz CT molecular complexity index is 408. The zero-order valence-corrected chi connectivity index (χ0v) is 10.9.